The van der Waals surface area contributed by atoms with Crippen molar-refractivity contribution in [2.75, 3.05) is 20.2 Å². The zero-order valence-corrected chi connectivity index (χ0v) is 11.0. The fraction of sp³-hybridized carbons (Fsp3) is 0.750. The van der Waals surface area contributed by atoms with Crippen LogP contribution in [-0.2, 0) is 14.3 Å². The van der Waals surface area contributed by atoms with Gasteiger partial charge in [-0.15, -0.1) is 0 Å². The lowest BCUT2D eigenvalue weighted by atomic mass is 9.99. The van der Waals surface area contributed by atoms with E-state index in [1.54, 1.807) is 0 Å². The molecule has 1 saturated carbocycles. The van der Waals surface area contributed by atoms with Gasteiger partial charge in [0, 0.05) is 13.1 Å². The Morgan fingerprint density at radius 3 is 2.42 bits per heavy atom. The van der Waals surface area contributed by atoms with Crippen molar-refractivity contribution in [1.82, 2.24) is 10.2 Å². The van der Waals surface area contributed by atoms with Gasteiger partial charge in [0.2, 0.25) is 0 Å². The number of aliphatic carboxylic acids is 1. The number of likely N-dealkylation sites (tertiary alicyclic amines) is 1. The van der Waals surface area contributed by atoms with Crippen LogP contribution >= 0.6 is 0 Å². The minimum atomic E-state index is -1.09. The Labute approximate surface area is 110 Å². The summed E-state index contributed by atoms with van der Waals surface area (Å²) in [5.41, 5.74) is -1.09. The van der Waals surface area contributed by atoms with Crippen LogP contribution in [0.5, 0.6) is 0 Å². The van der Waals surface area contributed by atoms with E-state index in [0.717, 1.165) is 0 Å². The normalized spacial score (nSPS) is 27.8. The fourth-order valence-electron chi connectivity index (χ4n) is 2.39. The first kappa shape index (κ1) is 13.6. The van der Waals surface area contributed by atoms with Crippen LogP contribution in [0.3, 0.4) is 0 Å². The molecule has 2 amide bonds. The predicted molar refractivity (Wildman–Crippen MR) is 64.4 cm³/mol. The van der Waals surface area contributed by atoms with E-state index < -0.39 is 17.5 Å². The lowest BCUT2D eigenvalue weighted by Gasteiger charge is -2.20. The summed E-state index contributed by atoms with van der Waals surface area (Å²) in [4.78, 5) is 36.0. The predicted octanol–water partition coefficient (Wildman–Crippen LogP) is 0.0541. The van der Waals surface area contributed by atoms with Crippen molar-refractivity contribution in [2.24, 2.45) is 11.8 Å². The first-order valence-electron chi connectivity index (χ1n) is 6.28. The van der Waals surface area contributed by atoms with E-state index in [1.165, 1.54) is 12.0 Å². The van der Waals surface area contributed by atoms with Crippen LogP contribution < -0.4 is 5.32 Å². The van der Waals surface area contributed by atoms with E-state index >= 15 is 0 Å². The first-order valence-corrected chi connectivity index (χ1v) is 6.28. The van der Waals surface area contributed by atoms with Crippen LogP contribution in [0.4, 0.5) is 4.79 Å². The smallest absolute Gasteiger partial charge is 0.329 e. The number of amides is 2. The maximum Gasteiger partial charge on any atom is 0.329 e. The molecule has 19 heavy (non-hydrogen) atoms. The highest BCUT2D eigenvalue weighted by Gasteiger charge is 2.52. The highest BCUT2D eigenvalue weighted by Crippen LogP contribution is 2.36. The maximum atomic E-state index is 12.0. The van der Waals surface area contributed by atoms with Gasteiger partial charge < -0.3 is 20.1 Å². The van der Waals surface area contributed by atoms with Crippen molar-refractivity contribution in [2.45, 2.75) is 25.3 Å². The Balaban J connectivity index is 1.95. The van der Waals surface area contributed by atoms with Gasteiger partial charge in [-0.05, 0) is 18.8 Å². The topological polar surface area (TPSA) is 95.9 Å². The minimum absolute atomic E-state index is 0.0122. The van der Waals surface area contributed by atoms with Gasteiger partial charge in [0.05, 0.1) is 13.0 Å². The van der Waals surface area contributed by atoms with Crippen LogP contribution in [0, 0.1) is 11.8 Å². The summed E-state index contributed by atoms with van der Waals surface area (Å²) in [5.74, 6) is -1.66. The van der Waals surface area contributed by atoms with Crippen molar-refractivity contribution < 1.29 is 24.2 Å². The maximum absolute atomic E-state index is 12.0. The number of carboxylic acid groups (broad SMARTS) is 1. The molecule has 2 atom stereocenters. The van der Waals surface area contributed by atoms with Crippen molar-refractivity contribution in [1.29, 1.82) is 0 Å². The molecule has 7 nitrogen and oxygen atoms in total. The Morgan fingerprint density at radius 1 is 1.32 bits per heavy atom. The van der Waals surface area contributed by atoms with Crippen LogP contribution in [0.25, 0.3) is 0 Å². The second-order valence-corrected chi connectivity index (χ2v) is 5.33. The summed E-state index contributed by atoms with van der Waals surface area (Å²) in [7, 11) is 1.32. The number of methoxy groups -OCH3 is 1. The van der Waals surface area contributed by atoms with Gasteiger partial charge in [-0.25, -0.2) is 9.59 Å². The number of esters is 1. The summed E-state index contributed by atoms with van der Waals surface area (Å²) in [6, 6.07) is -0.418. The van der Waals surface area contributed by atoms with Gasteiger partial charge in [0.15, 0.2) is 0 Å². The summed E-state index contributed by atoms with van der Waals surface area (Å²) in [6.07, 6.45) is 0.912. The van der Waals surface area contributed by atoms with Gasteiger partial charge in [-0.1, -0.05) is 6.92 Å². The van der Waals surface area contributed by atoms with Gasteiger partial charge >= 0.3 is 18.0 Å². The standard InChI is InChI=1S/C12H18N2O5/c1-7-5-14(6-8(7)9(15)19-2)11(18)13-12(3-4-12)10(16)17/h7-8H,3-6H2,1-2H3,(H,13,18)(H,16,17). The molecule has 1 aliphatic carbocycles. The third kappa shape index (κ3) is 2.50. The third-order valence-corrected chi connectivity index (χ3v) is 3.91. The highest BCUT2D eigenvalue weighted by atomic mass is 16.5. The van der Waals surface area contributed by atoms with Crippen molar-refractivity contribution >= 4 is 18.0 Å². The average molecular weight is 270 g/mol. The molecule has 1 saturated heterocycles. The van der Waals surface area contributed by atoms with E-state index in [4.69, 9.17) is 9.84 Å². The molecule has 0 aromatic heterocycles. The van der Waals surface area contributed by atoms with E-state index in [2.05, 4.69) is 5.32 Å². The molecule has 2 unspecified atom stereocenters. The van der Waals surface area contributed by atoms with Crippen LogP contribution in [0.15, 0.2) is 0 Å². The van der Waals surface area contributed by atoms with E-state index in [9.17, 15) is 14.4 Å². The quantitative estimate of drug-likeness (QED) is 0.707. The summed E-state index contributed by atoms with van der Waals surface area (Å²) in [6.45, 7) is 2.58. The number of ether oxygens (including phenoxy) is 1. The van der Waals surface area contributed by atoms with Crippen molar-refractivity contribution in [3.63, 3.8) is 0 Å². The summed E-state index contributed by atoms with van der Waals surface area (Å²) in [5, 5.41) is 11.6. The molecule has 2 aliphatic rings. The Hall–Kier alpha value is -1.79. The molecule has 0 radical (unpaired) electrons. The molecule has 0 aromatic carbocycles. The molecule has 106 valence electrons. The lowest BCUT2D eigenvalue weighted by Crippen LogP contribution is -2.49. The number of rotatable bonds is 3. The zero-order valence-electron chi connectivity index (χ0n) is 11.0. The molecule has 1 aliphatic heterocycles. The SMILES string of the molecule is COC(=O)C1CN(C(=O)NC2(C(=O)O)CC2)CC1C. The van der Waals surface area contributed by atoms with Gasteiger partial charge in [-0.2, -0.15) is 0 Å². The molecule has 0 bridgehead atoms. The highest BCUT2D eigenvalue weighted by molar-refractivity contribution is 5.89. The monoisotopic (exact) mass is 270 g/mol. The second-order valence-electron chi connectivity index (χ2n) is 5.33. The molecule has 0 spiro atoms. The summed E-state index contributed by atoms with van der Waals surface area (Å²) >= 11 is 0. The number of nitrogens with zero attached hydrogens (tertiary/aromatic N) is 1. The Kier molecular flexibility index (Phi) is 3.38. The molecular weight excluding hydrogens is 252 g/mol. The first-order chi connectivity index (χ1) is 8.89. The number of carbonyl (C=O) groups is 3. The Bertz CT molecular complexity index is 418. The van der Waals surface area contributed by atoms with Gasteiger partial charge in [0.25, 0.3) is 0 Å². The van der Waals surface area contributed by atoms with Crippen LogP contribution in [-0.4, -0.2) is 53.7 Å². The molecule has 2 rings (SSSR count). The molecular formula is C12H18N2O5. The molecule has 7 heteroatoms. The zero-order chi connectivity index (χ0) is 14.2. The van der Waals surface area contributed by atoms with E-state index in [-0.39, 0.29) is 24.3 Å². The minimum Gasteiger partial charge on any atom is -0.480 e. The molecule has 1 heterocycles. The van der Waals surface area contributed by atoms with Gasteiger partial charge in [0.1, 0.15) is 5.54 Å². The van der Waals surface area contributed by atoms with Crippen molar-refractivity contribution in [3.8, 4) is 0 Å². The molecule has 2 fully saturated rings. The summed E-state index contributed by atoms with van der Waals surface area (Å²) < 4.78 is 4.69. The number of nitrogens with one attached hydrogen (secondary N) is 1. The lowest BCUT2D eigenvalue weighted by molar-refractivity contribution is -0.146. The third-order valence-electron chi connectivity index (χ3n) is 3.91. The fourth-order valence-corrected chi connectivity index (χ4v) is 2.39. The number of carboxylic acids is 1. The second kappa shape index (κ2) is 4.71. The van der Waals surface area contributed by atoms with Gasteiger partial charge in [-0.3, -0.25) is 4.79 Å². The van der Waals surface area contributed by atoms with Crippen molar-refractivity contribution in [3.05, 3.63) is 0 Å². The Morgan fingerprint density at radius 2 is 1.95 bits per heavy atom. The largest absolute Gasteiger partial charge is 0.480 e. The number of urea groups is 1. The van der Waals surface area contributed by atoms with Crippen LogP contribution in [0.1, 0.15) is 19.8 Å². The van der Waals surface area contributed by atoms with E-state index in [0.29, 0.717) is 19.4 Å². The molecule has 2 N–H and O–H groups in total. The average Bonchev–Trinajstić information content (AvgIpc) is 3.04. The number of hydrogen-bond donors (Lipinski definition) is 2. The number of hydrogen-bond acceptors (Lipinski definition) is 4. The van der Waals surface area contributed by atoms with E-state index in [1.807, 2.05) is 6.92 Å². The molecule has 0 aromatic rings. The number of carbonyl (C=O) groups excluding carboxylic acids is 2. The van der Waals surface area contributed by atoms with Crippen LogP contribution in [0.2, 0.25) is 0 Å².